The number of aromatic nitrogens is 3. The minimum Gasteiger partial charge on any atom is -0.349 e. The summed E-state index contributed by atoms with van der Waals surface area (Å²) in [5.41, 5.74) is 4.46. The average molecular weight is 471 g/mol. The smallest absolute Gasteiger partial charge is 0.220 e. The van der Waals surface area contributed by atoms with E-state index in [9.17, 15) is 4.79 Å². The number of carbonyl (C=O) groups excluding carboxylic acids is 1. The highest BCUT2D eigenvalue weighted by Gasteiger charge is 2.17. The van der Waals surface area contributed by atoms with Crippen LogP contribution in [0.15, 0.2) is 47.6 Å². The summed E-state index contributed by atoms with van der Waals surface area (Å²) in [6.07, 6.45) is 4.86. The second-order valence-electron chi connectivity index (χ2n) is 8.03. The number of aryl methyl sites for hydroxylation is 2. The highest BCUT2D eigenvalue weighted by Crippen LogP contribution is 2.28. The lowest BCUT2D eigenvalue weighted by Gasteiger charge is -2.14. The molecular weight excluding hydrogens is 440 g/mol. The van der Waals surface area contributed by atoms with Gasteiger partial charge in [0.15, 0.2) is 11.0 Å². The third-order valence-electron chi connectivity index (χ3n) is 5.26. The van der Waals surface area contributed by atoms with Gasteiger partial charge in [-0.1, -0.05) is 85.4 Å². The number of unbranched alkanes of at least 4 members (excludes halogenated alkanes) is 3. The molecular formula is C25H31ClN4OS. The Morgan fingerprint density at radius 3 is 2.72 bits per heavy atom. The van der Waals surface area contributed by atoms with Gasteiger partial charge in [-0.25, -0.2) is 0 Å². The highest BCUT2D eigenvalue weighted by atomic mass is 35.5. The van der Waals surface area contributed by atoms with Crippen molar-refractivity contribution in [3.8, 4) is 5.69 Å². The minimum atomic E-state index is 0.0485. The fourth-order valence-electron chi connectivity index (χ4n) is 3.50. The summed E-state index contributed by atoms with van der Waals surface area (Å²) in [7, 11) is 0. The van der Waals surface area contributed by atoms with Crippen molar-refractivity contribution in [1.82, 2.24) is 20.1 Å². The Bertz CT molecular complexity index is 1050. The molecule has 3 rings (SSSR count). The fourth-order valence-corrected chi connectivity index (χ4v) is 4.57. The fraction of sp³-hybridized carbons (Fsp3) is 0.400. The van der Waals surface area contributed by atoms with Gasteiger partial charge in [0.1, 0.15) is 0 Å². The molecule has 1 heterocycles. The van der Waals surface area contributed by atoms with Crippen LogP contribution in [0.25, 0.3) is 5.69 Å². The van der Waals surface area contributed by atoms with E-state index in [2.05, 4.69) is 53.6 Å². The largest absolute Gasteiger partial charge is 0.349 e. The van der Waals surface area contributed by atoms with Crippen LogP contribution in [0, 0.1) is 13.8 Å². The Balaban J connectivity index is 1.79. The predicted octanol–water partition coefficient (Wildman–Crippen LogP) is 6.42. The highest BCUT2D eigenvalue weighted by molar-refractivity contribution is 7.98. The van der Waals surface area contributed by atoms with E-state index < -0.39 is 0 Å². The number of benzene rings is 2. The summed E-state index contributed by atoms with van der Waals surface area (Å²) in [5, 5.41) is 13.3. The third kappa shape index (κ3) is 6.84. The van der Waals surface area contributed by atoms with Crippen molar-refractivity contribution in [2.75, 3.05) is 0 Å². The second kappa shape index (κ2) is 12.1. The number of nitrogens with zero attached hydrogens (tertiary/aromatic N) is 3. The molecule has 0 atom stereocenters. The molecule has 1 aromatic heterocycles. The molecule has 7 heteroatoms. The zero-order chi connectivity index (χ0) is 22.9. The Labute approximate surface area is 200 Å². The van der Waals surface area contributed by atoms with Gasteiger partial charge in [0.05, 0.1) is 12.2 Å². The van der Waals surface area contributed by atoms with E-state index in [-0.39, 0.29) is 5.91 Å². The first-order valence-corrected chi connectivity index (χ1v) is 12.5. The molecule has 0 spiro atoms. The van der Waals surface area contributed by atoms with E-state index in [1.165, 1.54) is 11.1 Å². The van der Waals surface area contributed by atoms with Gasteiger partial charge in [-0.2, -0.15) is 0 Å². The Morgan fingerprint density at radius 2 is 1.94 bits per heavy atom. The molecule has 0 aliphatic rings. The second-order valence-corrected chi connectivity index (χ2v) is 9.41. The van der Waals surface area contributed by atoms with Crippen molar-refractivity contribution in [3.05, 3.63) is 70.0 Å². The number of amides is 1. The molecule has 32 heavy (non-hydrogen) atoms. The van der Waals surface area contributed by atoms with Gasteiger partial charge in [0, 0.05) is 17.2 Å². The quantitative estimate of drug-likeness (QED) is 0.259. The zero-order valence-corrected chi connectivity index (χ0v) is 20.6. The lowest BCUT2D eigenvalue weighted by Crippen LogP contribution is -2.24. The molecule has 0 saturated heterocycles. The Hall–Kier alpha value is -2.31. The summed E-state index contributed by atoms with van der Waals surface area (Å²) in [4.78, 5) is 12.3. The monoisotopic (exact) mass is 470 g/mol. The van der Waals surface area contributed by atoms with Crippen molar-refractivity contribution in [2.45, 2.75) is 70.3 Å². The minimum absolute atomic E-state index is 0.0485. The lowest BCUT2D eigenvalue weighted by atomic mass is 10.1. The number of hydrogen-bond acceptors (Lipinski definition) is 4. The van der Waals surface area contributed by atoms with Gasteiger partial charge in [-0.3, -0.25) is 9.36 Å². The van der Waals surface area contributed by atoms with E-state index in [1.54, 1.807) is 11.8 Å². The summed E-state index contributed by atoms with van der Waals surface area (Å²) >= 11 is 7.93. The molecule has 3 aromatic rings. The molecule has 2 aromatic carbocycles. The van der Waals surface area contributed by atoms with E-state index in [4.69, 9.17) is 11.6 Å². The van der Waals surface area contributed by atoms with Crippen LogP contribution in [0.2, 0.25) is 5.02 Å². The van der Waals surface area contributed by atoms with Crippen LogP contribution in [0.4, 0.5) is 0 Å². The van der Waals surface area contributed by atoms with E-state index >= 15 is 0 Å². The first-order valence-electron chi connectivity index (χ1n) is 11.1. The van der Waals surface area contributed by atoms with Crippen LogP contribution in [-0.2, 0) is 17.1 Å². The summed E-state index contributed by atoms with van der Waals surface area (Å²) < 4.78 is 2.01. The number of thioether (sulfide) groups is 1. The molecule has 170 valence electrons. The summed E-state index contributed by atoms with van der Waals surface area (Å²) in [6.45, 7) is 6.63. The van der Waals surface area contributed by atoms with Gasteiger partial charge in [-0.05, 0) is 43.5 Å². The number of halogens is 1. The third-order valence-corrected chi connectivity index (χ3v) is 6.50. The number of rotatable bonds is 11. The molecule has 0 bridgehead atoms. The molecule has 0 saturated carbocycles. The summed E-state index contributed by atoms with van der Waals surface area (Å²) in [5.74, 6) is 1.53. The van der Waals surface area contributed by atoms with Crippen LogP contribution < -0.4 is 5.32 Å². The van der Waals surface area contributed by atoms with Crippen LogP contribution in [0.5, 0.6) is 0 Å². The maximum atomic E-state index is 12.3. The van der Waals surface area contributed by atoms with E-state index in [0.29, 0.717) is 23.8 Å². The molecule has 0 fully saturated rings. The van der Waals surface area contributed by atoms with E-state index in [0.717, 1.165) is 47.8 Å². The first-order chi connectivity index (χ1) is 15.5. The zero-order valence-electron chi connectivity index (χ0n) is 19.0. The number of nitrogens with one attached hydrogen (secondary N) is 1. The Kier molecular flexibility index (Phi) is 9.18. The molecule has 1 N–H and O–H groups in total. The molecule has 0 aliphatic heterocycles. The van der Waals surface area contributed by atoms with Crippen LogP contribution in [-0.4, -0.2) is 20.7 Å². The maximum absolute atomic E-state index is 12.3. The molecule has 0 unspecified atom stereocenters. The van der Waals surface area contributed by atoms with Crippen molar-refractivity contribution in [3.63, 3.8) is 0 Å². The number of carbonyl (C=O) groups is 1. The maximum Gasteiger partial charge on any atom is 0.220 e. The first kappa shape index (κ1) is 24.3. The van der Waals surface area contributed by atoms with Gasteiger partial charge in [0.2, 0.25) is 5.91 Å². The van der Waals surface area contributed by atoms with Gasteiger partial charge < -0.3 is 5.32 Å². The van der Waals surface area contributed by atoms with Crippen LogP contribution in [0.1, 0.15) is 61.5 Å². The normalized spacial score (nSPS) is 11.0. The van der Waals surface area contributed by atoms with Crippen molar-refractivity contribution in [2.24, 2.45) is 0 Å². The molecule has 0 aliphatic carbocycles. The topological polar surface area (TPSA) is 59.8 Å². The lowest BCUT2D eigenvalue weighted by molar-refractivity contribution is -0.121. The predicted molar refractivity (Wildman–Crippen MR) is 132 cm³/mol. The van der Waals surface area contributed by atoms with Gasteiger partial charge in [0.25, 0.3) is 0 Å². The van der Waals surface area contributed by atoms with Crippen LogP contribution in [0.3, 0.4) is 0 Å². The van der Waals surface area contributed by atoms with Crippen LogP contribution >= 0.6 is 23.4 Å². The van der Waals surface area contributed by atoms with Gasteiger partial charge >= 0.3 is 0 Å². The SMILES string of the molecule is CCCCCCC(=O)NCc1nnc(SCc2cccc(C)c2)n1-c1cc(Cl)ccc1C. The average Bonchev–Trinajstić information content (AvgIpc) is 3.18. The van der Waals surface area contributed by atoms with Crippen molar-refractivity contribution >= 4 is 29.3 Å². The van der Waals surface area contributed by atoms with Crippen molar-refractivity contribution in [1.29, 1.82) is 0 Å². The van der Waals surface area contributed by atoms with E-state index in [1.807, 2.05) is 29.7 Å². The molecule has 1 amide bonds. The summed E-state index contributed by atoms with van der Waals surface area (Å²) in [6, 6.07) is 14.2. The number of hydrogen-bond donors (Lipinski definition) is 1. The molecule has 5 nitrogen and oxygen atoms in total. The Morgan fingerprint density at radius 1 is 1.09 bits per heavy atom. The standard InChI is InChI=1S/C25H31ClN4OS/c1-4-5-6-7-11-24(31)27-16-23-28-29-25(32-17-20-10-8-9-18(2)14-20)30(23)22-15-21(26)13-12-19(22)3/h8-10,12-15H,4-7,11,16-17H2,1-3H3,(H,27,31). The van der Waals surface area contributed by atoms with Gasteiger partial charge in [-0.15, -0.1) is 10.2 Å². The van der Waals surface area contributed by atoms with Crippen molar-refractivity contribution < 1.29 is 4.79 Å². The molecule has 0 radical (unpaired) electrons.